The Morgan fingerprint density at radius 2 is 1.50 bits per heavy atom. The molecule has 0 unspecified atom stereocenters. The summed E-state index contributed by atoms with van der Waals surface area (Å²) in [6, 6.07) is 24.4. The van der Waals surface area contributed by atoms with E-state index >= 15 is 0 Å². The van der Waals surface area contributed by atoms with Crippen LogP contribution in [0.4, 0.5) is 11.4 Å². The van der Waals surface area contributed by atoms with E-state index in [0.717, 1.165) is 16.8 Å². The van der Waals surface area contributed by atoms with Gasteiger partial charge in [-0.1, -0.05) is 60.2 Å². The molecule has 0 saturated carbocycles. The first kappa shape index (κ1) is 19.0. The number of hydrogen-bond acceptors (Lipinski definition) is 4. The van der Waals surface area contributed by atoms with Crippen molar-refractivity contribution in [3.8, 4) is 0 Å². The molecule has 30 heavy (non-hydrogen) atoms. The molecule has 5 nitrogen and oxygen atoms in total. The van der Waals surface area contributed by atoms with Crippen LogP contribution in [0.5, 0.6) is 0 Å². The molecule has 0 bridgehead atoms. The third-order valence-corrected chi connectivity index (χ3v) is 6.31. The zero-order chi connectivity index (χ0) is 20.8. The van der Waals surface area contributed by atoms with Gasteiger partial charge in [-0.05, 0) is 52.7 Å². The van der Waals surface area contributed by atoms with Crippen molar-refractivity contribution in [1.82, 2.24) is 0 Å². The smallest absolute Gasteiger partial charge is 0.266 e. The molecular formula is C24H19BrN2O3. The lowest BCUT2D eigenvalue weighted by Gasteiger charge is -2.29. The Bertz CT molecular complexity index is 1120. The standard InChI is InChI=1S/C24H19BrN2O3/c1-15-11-13-16(14-12-15)21-20-22(30-27(21)17-7-3-2-4-8-17)24(29)26(23(20)28)19-10-6-5-9-18(19)25/h2-14,20-22H,1H3/t20-,21+,22-/m1/s1. The van der Waals surface area contributed by atoms with Crippen molar-refractivity contribution in [3.63, 3.8) is 0 Å². The summed E-state index contributed by atoms with van der Waals surface area (Å²) >= 11 is 3.46. The van der Waals surface area contributed by atoms with Gasteiger partial charge >= 0.3 is 0 Å². The van der Waals surface area contributed by atoms with Gasteiger partial charge in [-0.2, -0.15) is 0 Å². The predicted molar refractivity (Wildman–Crippen MR) is 118 cm³/mol. The third kappa shape index (κ3) is 2.95. The van der Waals surface area contributed by atoms with Crippen molar-refractivity contribution in [2.24, 2.45) is 5.92 Å². The van der Waals surface area contributed by atoms with Gasteiger partial charge in [0.25, 0.3) is 5.91 Å². The van der Waals surface area contributed by atoms with Crippen molar-refractivity contribution < 1.29 is 14.4 Å². The van der Waals surface area contributed by atoms with Crippen LogP contribution in [0.1, 0.15) is 17.2 Å². The Balaban J connectivity index is 1.60. The lowest BCUT2D eigenvalue weighted by molar-refractivity contribution is -0.126. The SMILES string of the molecule is Cc1ccc([C@H]2[C@H]3C(=O)N(c4ccccc4Br)C(=O)[C@@H]3ON2c2ccccc2)cc1. The minimum atomic E-state index is -0.865. The van der Waals surface area contributed by atoms with E-state index in [1.54, 1.807) is 11.1 Å². The quantitative estimate of drug-likeness (QED) is 0.524. The zero-order valence-electron chi connectivity index (χ0n) is 16.2. The minimum Gasteiger partial charge on any atom is -0.273 e. The molecule has 2 fully saturated rings. The lowest BCUT2D eigenvalue weighted by atomic mass is 9.90. The molecule has 2 heterocycles. The molecule has 5 rings (SSSR count). The largest absolute Gasteiger partial charge is 0.273 e. The van der Waals surface area contributed by atoms with Crippen molar-refractivity contribution >= 4 is 39.1 Å². The van der Waals surface area contributed by atoms with Crippen molar-refractivity contribution in [1.29, 1.82) is 0 Å². The maximum atomic E-state index is 13.6. The monoisotopic (exact) mass is 462 g/mol. The summed E-state index contributed by atoms with van der Waals surface area (Å²) in [6.07, 6.45) is -0.865. The van der Waals surface area contributed by atoms with Crippen LogP contribution in [0, 0.1) is 12.8 Å². The average molecular weight is 463 g/mol. The molecule has 0 aliphatic carbocycles. The number of carbonyl (C=O) groups is 2. The summed E-state index contributed by atoms with van der Waals surface area (Å²) in [5, 5.41) is 1.72. The highest BCUT2D eigenvalue weighted by Crippen LogP contribution is 2.48. The van der Waals surface area contributed by atoms with Crippen LogP contribution < -0.4 is 9.96 Å². The highest BCUT2D eigenvalue weighted by molar-refractivity contribution is 9.10. The molecule has 0 radical (unpaired) electrons. The Labute approximate surface area is 183 Å². The first-order chi connectivity index (χ1) is 14.6. The number of hydroxylamine groups is 1. The number of hydrogen-bond donors (Lipinski definition) is 0. The predicted octanol–water partition coefficient (Wildman–Crippen LogP) is 4.81. The van der Waals surface area contributed by atoms with Gasteiger partial charge in [0.2, 0.25) is 5.91 Å². The van der Waals surface area contributed by atoms with Crippen LogP contribution in [0.25, 0.3) is 0 Å². The molecule has 0 aromatic heterocycles. The van der Waals surface area contributed by atoms with E-state index in [1.165, 1.54) is 4.90 Å². The lowest BCUT2D eigenvalue weighted by Crippen LogP contribution is -2.37. The normalized spacial score (nSPS) is 23.2. The number of benzene rings is 3. The van der Waals surface area contributed by atoms with Crippen molar-refractivity contribution in [2.45, 2.75) is 19.1 Å². The van der Waals surface area contributed by atoms with Gasteiger partial charge in [0.1, 0.15) is 5.92 Å². The van der Waals surface area contributed by atoms with Crippen LogP contribution in [0.15, 0.2) is 83.3 Å². The molecule has 2 aliphatic rings. The van der Waals surface area contributed by atoms with E-state index in [0.29, 0.717) is 10.2 Å². The summed E-state index contributed by atoms with van der Waals surface area (Å²) in [4.78, 5) is 34.2. The molecule has 2 amide bonds. The van der Waals surface area contributed by atoms with Gasteiger partial charge in [-0.3, -0.25) is 14.4 Å². The van der Waals surface area contributed by atoms with E-state index in [1.807, 2.05) is 79.7 Å². The first-order valence-electron chi connectivity index (χ1n) is 9.76. The van der Waals surface area contributed by atoms with Crippen LogP contribution in [-0.2, 0) is 14.4 Å². The second-order valence-corrected chi connectivity index (χ2v) is 8.39. The fraction of sp³-hybridized carbons (Fsp3) is 0.167. The molecule has 6 heteroatoms. The second-order valence-electron chi connectivity index (χ2n) is 7.53. The van der Waals surface area contributed by atoms with Crippen LogP contribution in [-0.4, -0.2) is 17.9 Å². The molecule has 150 valence electrons. The maximum Gasteiger partial charge on any atom is 0.266 e. The maximum absolute atomic E-state index is 13.6. The number of nitrogens with zero attached hydrogens (tertiary/aromatic N) is 2. The zero-order valence-corrected chi connectivity index (χ0v) is 17.8. The van der Waals surface area contributed by atoms with Gasteiger partial charge in [0.05, 0.1) is 17.4 Å². The molecule has 3 atom stereocenters. The van der Waals surface area contributed by atoms with E-state index < -0.39 is 18.1 Å². The van der Waals surface area contributed by atoms with Crippen LogP contribution >= 0.6 is 15.9 Å². The Kier molecular flexibility index (Phi) is 4.68. The second kappa shape index (κ2) is 7.38. The topological polar surface area (TPSA) is 49.9 Å². The van der Waals surface area contributed by atoms with E-state index in [2.05, 4.69) is 15.9 Å². The number of fused-ring (bicyclic) bond motifs is 1. The highest BCUT2D eigenvalue weighted by Gasteiger charge is 2.60. The van der Waals surface area contributed by atoms with E-state index in [4.69, 9.17) is 4.84 Å². The highest BCUT2D eigenvalue weighted by atomic mass is 79.9. The third-order valence-electron chi connectivity index (χ3n) is 5.64. The fourth-order valence-corrected chi connectivity index (χ4v) is 4.65. The summed E-state index contributed by atoms with van der Waals surface area (Å²) in [5.41, 5.74) is 3.42. The molecular weight excluding hydrogens is 444 g/mol. The van der Waals surface area contributed by atoms with E-state index in [9.17, 15) is 9.59 Å². The first-order valence-corrected chi connectivity index (χ1v) is 10.6. The summed E-state index contributed by atoms with van der Waals surface area (Å²) in [6.45, 7) is 2.02. The Hall–Kier alpha value is -2.96. The summed E-state index contributed by atoms with van der Waals surface area (Å²) in [7, 11) is 0. The van der Waals surface area contributed by atoms with Gasteiger partial charge in [0, 0.05) is 4.47 Å². The number of halogens is 1. The van der Waals surface area contributed by atoms with Gasteiger partial charge in [0.15, 0.2) is 6.10 Å². The number of carbonyl (C=O) groups excluding carboxylic acids is 2. The van der Waals surface area contributed by atoms with Gasteiger partial charge in [-0.15, -0.1) is 0 Å². The number of aryl methyl sites for hydroxylation is 1. The van der Waals surface area contributed by atoms with Gasteiger partial charge < -0.3 is 0 Å². The molecule has 3 aromatic rings. The number of imide groups is 1. The van der Waals surface area contributed by atoms with Gasteiger partial charge in [-0.25, -0.2) is 9.96 Å². The average Bonchev–Trinajstić information content (AvgIpc) is 3.26. The molecule has 0 N–H and O–H groups in total. The van der Waals surface area contributed by atoms with Crippen LogP contribution in [0.2, 0.25) is 0 Å². The Morgan fingerprint density at radius 3 is 2.20 bits per heavy atom. The number of rotatable bonds is 3. The molecule has 0 spiro atoms. The summed E-state index contributed by atoms with van der Waals surface area (Å²) < 4.78 is 0.693. The molecule has 2 aliphatic heterocycles. The van der Waals surface area contributed by atoms with Crippen LogP contribution in [0.3, 0.4) is 0 Å². The van der Waals surface area contributed by atoms with Crippen molar-refractivity contribution in [3.05, 3.63) is 94.5 Å². The van der Waals surface area contributed by atoms with E-state index in [-0.39, 0.29) is 11.8 Å². The number of para-hydroxylation sites is 2. The molecule has 3 aromatic carbocycles. The molecule has 2 saturated heterocycles. The fourth-order valence-electron chi connectivity index (χ4n) is 4.19. The Morgan fingerprint density at radius 1 is 0.833 bits per heavy atom. The number of anilines is 2. The summed E-state index contributed by atoms with van der Waals surface area (Å²) in [5.74, 6) is -1.22. The minimum absolute atomic E-state index is 0.249. The number of amides is 2. The van der Waals surface area contributed by atoms with Crippen molar-refractivity contribution in [2.75, 3.05) is 9.96 Å².